The molecule has 1 saturated carbocycles. The number of hydrogen-bond acceptors (Lipinski definition) is 2. The number of hydrogen-bond donors (Lipinski definition) is 1. The van der Waals surface area contributed by atoms with E-state index >= 15 is 0 Å². The van der Waals surface area contributed by atoms with Gasteiger partial charge in [-0.05, 0) is 18.8 Å². The monoisotopic (exact) mass is 206 g/mol. The van der Waals surface area contributed by atoms with Crippen LogP contribution in [0, 0.1) is 5.92 Å². The summed E-state index contributed by atoms with van der Waals surface area (Å²) < 4.78 is 5.39. The molecular formula is C10H19ClO2. The van der Waals surface area contributed by atoms with Gasteiger partial charge in [0.25, 0.3) is 0 Å². The third-order valence-electron chi connectivity index (χ3n) is 2.57. The maximum absolute atomic E-state index is 9.13. The number of halogens is 1. The minimum Gasteiger partial charge on any atom is -0.389 e. The normalized spacial score (nSPS) is 21.7. The van der Waals surface area contributed by atoms with Crippen molar-refractivity contribution in [2.45, 2.75) is 38.2 Å². The third-order valence-corrected chi connectivity index (χ3v) is 2.92. The molecule has 1 aliphatic carbocycles. The van der Waals surface area contributed by atoms with E-state index in [2.05, 4.69) is 0 Å². The van der Waals surface area contributed by atoms with Crippen molar-refractivity contribution in [1.29, 1.82) is 0 Å². The Balaban J connectivity index is 1.98. The van der Waals surface area contributed by atoms with Gasteiger partial charge in [0, 0.05) is 6.61 Å². The molecule has 0 amide bonds. The van der Waals surface area contributed by atoms with Crippen molar-refractivity contribution in [2.24, 2.45) is 5.92 Å². The van der Waals surface area contributed by atoms with Gasteiger partial charge in [-0.25, -0.2) is 0 Å². The molecule has 0 heterocycles. The molecule has 0 aromatic rings. The van der Waals surface area contributed by atoms with E-state index < -0.39 is 6.10 Å². The molecule has 0 aromatic heterocycles. The summed E-state index contributed by atoms with van der Waals surface area (Å²) in [6, 6.07) is 0. The Bertz CT molecular complexity index is 124. The van der Waals surface area contributed by atoms with Crippen LogP contribution in [-0.4, -0.2) is 30.3 Å². The molecule has 0 saturated heterocycles. The Hall–Kier alpha value is 0.210. The van der Waals surface area contributed by atoms with Crippen LogP contribution in [0.15, 0.2) is 0 Å². The topological polar surface area (TPSA) is 29.5 Å². The van der Waals surface area contributed by atoms with E-state index in [9.17, 15) is 0 Å². The van der Waals surface area contributed by atoms with E-state index in [-0.39, 0.29) is 5.88 Å². The van der Waals surface area contributed by atoms with Crippen LogP contribution in [0.3, 0.4) is 0 Å². The first-order valence-corrected chi connectivity index (χ1v) is 5.68. The van der Waals surface area contributed by atoms with Crippen molar-refractivity contribution >= 4 is 11.6 Å². The van der Waals surface area contributed by atoms with E-state index in [4.69, 9.17) is 21.4 Å². The van der Waals surface area contributed by atoms with Gasteiger partial charge in [0.05, 0.1) is 18.6 Å². The van der Waals surface area contributed by atoms with Gasteiger partial charge in [0.1, 0.15) is 0 Å². The highest BCUT2D eigenvalue weighted by atomic mass is 35.5. The average molecular weight is 207 g/mol. The molecule has 1 N–H and O–H groups in total. The van der Waals surface area contributed by atoms with E-state index in [1.807, 2.05) is 0 Å². The fourth-order valence-corrected chi connectivity index (χ4v) is 1.86. The first-order valence-electron chi connectivity index (χ1n) is 5.14. The van der Waals surface area contributed by atoms with Crippen LogP contribution in [0.1, 0.15) is 32.1 Å². The third kappa shape index (κ3) is 4.84. The number of alkyl halides is 1. The van der Waals surface area contributed by atoms with Crippen molar-refractivity contribution in [2.75, 3.05) is 19.1 Å². The summed E-state index contributed by atoms with van der Waals surface area (Å²) >= 11 is 5.44. The zero-order chi connectivity index (χ0) is 9.52. The lowest BCUT2D eigenvalue weighted by molar-refractivity contribution is 0.0244. The molecule has 1 unspecified atom stereocenters. The molecular weight excluding hydrogens is 188 g/mol. The molecule has 13 heavy (non-hydrogen) atoms. The van der Waals surface area contributed by atoms with Crippen molar-refractivity contribution < 1.29 is 9.84 Å². The Morgan fingerprint density at radius 2 is 2.00 bits per heavy atom. The van der Waals surface area contributed by atoms with Gasteiger partial charge in [-0.2, -0.15) is 0 Å². The summed E-state index contributed by atoms with van der Waals surface area (Å²) in [5, 5.41) is 9.13. The van der Waals surface area contributed by atoms with E-state index in [1.165, 1.54) is 32.1 Å². The first kappa shape index (κ1) is 11.3. The van der Waals surface area contributed by atoms with E-state index in [1.54, 1.807) is 0 Å². The molecule has 0 aliphatic heterocycles. The summed E-state index contributed by atoms with van der Waals surface area (Å²) in [6.45, 7) is 1.19. The molecule has 78 valence electrons. The largest absolute Gasteiger partial charge is 0.389 e. The lowest BCUT2D eigenvalue weighted by Crippen LogP contribution is -2.21. The lowest BCUT2D eigenvalue weighted by atomic mass is 9.90. The highest BCUT2D eigenvalue weighted by Crippen LogP contribution is 2.23. The summed E-state index contributed by atoms with van der Waals surface area (Å²) in [4.78, 5) is 0. The van der Waals surface area contributed by atoms with Crippen LogP contribution in [0.25, 0.3) is 0 Å². The Labute approximate surface area is 85.2 Å². The zero-order valence-corrected chi connectivity index (χ0v) is 8.80. The fraction of sp³-hybridized carbons (Fsp3) is 1.00. The van der Waals surface area contributed by atoms with E-state index in [0.29, 0.717) is 6.61 Å². The van der Waals surface area contributed by atoms with Gasteiger partial charge in [0.15, 0.2) is 0 Å². The molecule has 0 radical (unpaired) electrons. The van der Waals surface area contributed by atoms with Crippen molar-refractivity contribution in [1.82, 2.24) is 0 Å². The molecule has 3 heteroatoms. The molecule has 0 bridgehead atoms. The first-order chi connectivity index (χ1) is 6.33. The predicted molar refractivity (Wildman–Crippen MR) is 54.1 cm³/mol. The minimum atomic E-state index is -0.495. The van der Waals surface area contributed by atoms with Gasteiger partial charge < -0.3 is 9.84 Å². The molecule has 1 aliphatic rings. The second-order valence-corrected chi connectivity index (χ2v) is 4.16. The lowest BCUT2D eigenvalue weighted by Gasteiger charge is -2.21. The smallest absolute Gasteiger partial charge is 0.0908 e. The maximum Gasteiger partial charge on any atom is 0.0908 e. The summed E-state index contributed by atoms with van der Waals surface area (Å²) in [5.41, 5.74) is 0. The molecule has 2 nitrogen and oxygen atoms in total. The van der Waals surface area contributed by atoms with Crippen LogP contribution >= 0.6 is 11.6 Å². The number of aliphatic hydroxyl groups is 1. The van der Waals surface area contributed by atoms with Crippen molar-refractivity contribution in [3.63, 3.8) is 0 Å². The molecule has 0 spiro atoms. The molecule has 0 aromatic carbocycles. The van der Waals surface area contributed by atoms with Gasteiger partial charge in [-0.3, -0.25) is 0 Å². The zero-order valence-electron chi connectivity index (χ0n) is 8.04. The standard InChI is InChI=1S/C10H19ClO2/c11-6-10(12)8-13-7-9-4-2-1-3-5-9/h9-10,12H,1-8H2. The van der Waals surface area contributed by atoms with Crippen LogP contribution < -0.4 is 0 Å². The maximum atomic E-state index is 9.13. The van der Waals surface area contributed by atoms with Crippen LogP contribution in [0.2, 0.25) is 0 Å². The Kier molecular flexibility index (Phi) is 5.76. The van der Waals surface area contributed by atoms with E-state index in [0.717, 1.165) is 12.5 Å². The highest BCUT2D eigenvalue weighted by molar-refractivity contribution is 6.18. The van der Waals surface area contributed by atoms with Crippen molar-refractivity contribution in [3.05, 3.63) is 0 Å². The van der Waals surface area contributed by atoms with Gasteiger partial charge in [0.2, 0.25) is 0 Å². The SMILES string of the molecule is OC(CCl)COCC1CCCCC1. The molecule has 1 fully saturated rings. The Morgan fingerprint density at radius 3 is 2.62 bits per heavy atom. The Morgan fingerprint density at radius 1 is 1.31 bits per heavy atom. The van der Waals surface area contributed by atoms with Gasteiger partial charge >= 0.3 is 0 Å². The highest BCUT2D eigenvalue weighted by Gasteiger charge is 2.13. The summed E-state index contributed by atoms with van der Waals surface area (Å²) in [6.07, 6.45) is 6.14. The predicted octanol–water partition coefficient (Wildman–Crippen LogP) is 2.18. The number of rotatable bonds is 5. The van der Waals surface area contributed by atoms with Gasteiger partial charge in [-0.15, -0.1) is 11.6 Å². The number of aliphatic hydroxyl groups excluding tert-OH is 1. The van der Waals surface area contributed by atoms with Gasteiger partial charge in [-0.1, -0.05) is 19.3 Å². The summed E-state index contributed by atoms with van der Waals surface area (Å²) in [5.74, 6) is 0.987. The van der Waals surface area contributed by atoms with Crippen LogP contribution in [0.5, 0.6) is 0 Å². The van der Waals surface area contributed by atoms with Crippen molar-refractivity contribution in [3.8, 4) is 0 Å². The molecule has 1 rings (SSSR count). The molecule has 1 atom stereocenters. The minimum absolute atomic E-state index is 0.269. The van der Waals surface area contributed by atoms with Crippen LogP contribution in [-0.2, 0) is 4.74 Å². The quantitative estimate of drug-likeness (QED) is 0.699. The average Bonchev–Trinajstić information content (AvgIpc) is 2.19. The fourth-order valence-electron chi connectivity index (χ4n) is 1.77. The van der Waals surface area contributed by atoms with Crippen LogP contribution in [0.4, 0.5) is 0 Å². The number of ether oxygens (including phenoxy) is 1. The second kappa shape index (κ2) is 6.63. The second-order valence-electron chi connectivity index (χ2n) is 3.85. The summed E-state index contributed by atoms with van der Waals surface area (Å²) in [7, 11) is 0.